The zero-order chi connectivity index (χ0) is 13.7. The zero-order valence-electron chi connectivity index (χ0n) is 11.5. The summed E-state index contributed by atoms with van der Waals surface area (Å²) in [5, 5.41) is 0. The molecule has 1 aliphatic carbocycles. The molecule has 0 saturated heterocycles. The molecule has 1 saturated carbocycles. The van der Waals surface area contributed by atoms with Gasteiger partial charge in [-0.2, -0.15) is 0 Å². The van der Waals surface area contributed by atoms with Crippen molar-refractivity contribution in [2.75, 3.05) is 11.4 Å². The molecule has 1 fully saturated rings. The number of aliphatic imine (C=N–C) groups is 1. The van der Waals surface area contributed by atoms with E-state index in [0.29, 0.717) is 18.2 Å². The van der Waals surface area contributed by atoms with Crippen molar-refractivity contribution in [3.8, 4) is 0 Å². The average molecular weight is 261 g/mol. The molecule has 0 radical (unpaired) electrons. The molecule has 4 heteroatoms. The minimum absolute atomic E-state index is 0.0832. The number of guanidine groups is 1. The first-order valence-electron chi connectivity index (χ1n) is 6.83. The maximum absolute atomic E-state index is 14.2. The highest BCUT2D eigenvalue weighted by Gasteiger charge is 2.56. The number of benzene rings is 1. The number of halogens is 1. The number of anilines is 1. The lowest BCUT2D eigenvalue weighted by atomic mass is 9.74. The first-order valence-corrected chi connectivity index (χ1v) is 6.83. The van der Waals surface area contributed by atoms with Crippen LogP contribution in [0.5, 0.6) is 0 Å². The molecule has 1 aromatic carbocycles. The zero-order valence-corrected chi connectivity index (χ0v) is 11.5. The van der Waals surface area contributed by atoms with E-state index in [1.165, 1.54) is 6.07 Å². The van der Waals surface area contributed by atoms with Crippen molar-refractivity contribution >= 4 is 11.6 Å². The molecule has 3 nitrogen and oxygen atoms in total. The summed E-state index contributed by atoms with van der Waals surface area (Å²) in [5.74, 6) is 0.213. The highest BCUT2D eigenvalue weighted by Crippen LogP contribution is 2.52. The summed E-state index contributed by atoms with van der Waals surface area (Å²) in [5.41, 5.74) is 6.53. The van der Waals surface area contributed by atoms with Gasteiger partial charge >= 0.3 is 0 Å². The van der Waals surface area contributed by atoms with Crippen molar-refractivity contribution < 1.29 is 4.39 Å². The summed E-state index contributed by atoms with van der Waals surface area (Å²) >= 11 is 0. The average Bonchev–Trinajstić information content (AvgIpc) is 2.83. The molecular weight excluding hydrogens is 241 g/mol. The van der Waals surface area contributed by atoms with Crippen LogP contribution in [-0.2, 0) is 0 Å². The maximum Gasteiger partial charge on any atom is 0.196 e. The van der Waals surface area contributed by atoms with Crippen LogP contribution in [0.15, 0.2) is 29.3 Å². The predicted molar refractivity (Wildman–Crippen MR) is 75.7 cm³/mol. The molecule has 1 aromatic rings. The van der Waals surface area contributed by atoms with Crippen LogP contribution in [-0.4, -0.2) is 18.0 Å². The summed E-state index contributed by atoms with van der Waals surface area (Å²) in [6, 6.07) is 6.82. The third kappa shape index (κ3) is 1.58. The van der Waals surface area contributed by atoms with Crippen LogP contribution >= 0.6 is 0 Å². The Balaban J connectivity index is 2.12. The molecule has 1 unspecified atom stereocenters. The Morgan fingerprint density at radius 2 is 2.00 bits per heavy atom. The summed E-state index contributed by atoms with van der Waals surface area (Å²) in [6.45, 7) is 5.14. The van der Waals surface area contributed by atoms with Crippen LogP contribution in [0.1, 0.15) is 33.1 Å². The van der Waals surface area contributed by atoms with Gasteiger partial charge in [0.25, 0.3) is 0 Å². The summed E-state index contributed by atoms with van der Waals surface area (Å²) in [6.07, 6.45) is 3.28. The van der Waals surface area contributed by atoms with Crippen molar-refractivity contribution in [2.24, 2.45) is 16.1 Å². The minimum atomic E-state index is -0.232. The minimum Gasteiger partial charge on any atom is -0.369 e. The van der Waals surface area contributed by atoms with E-state index in [2.05, 4.69) is 18.8 Å². The normalized spacial score (nSPS) is 29.0. The number of rotatable bonds is 1. The van der Waals surface area contributed by atoms with Crippen LogP contribution in [0.2, 0.25) is 0 Å². The molecule has 1 aliphatic heterocycles. The van der Waals surface area contributed by atoms with Crippen molar-refractivity contribution in [2.45, 2.75) is 38.6 Å². The molecule has 0 aromatic heterocycles. The van der Waals surface area contributed by atoms with E-state index in [1.807, 2.05) is 11.0 Å². The highest BCUT2D eigenvalue weighted by molar-refractivity contribution is 5.98. The van der Waals surface area contributed by atoms with E-state index >= 15 is 0 Å². The third-order valence-electron chi connectivity index (χ3n) is 4.91. The second kappa shape index (κ2) is 3.95. The topological polar surface area (TPSA) is 41.6 Å². The molecular formula is C15H20FN3. The Hall–Kier alpha value is -1.58. The van der Waals surface area contributed by atoms with Gasteiger partial charge in [-0.25, -0.2) is 4.39 Å². The van der Waals surface area contributed by atoms with Crippen LogP contribution in [0.25, 0.3) is 0 Å². The standard InChI is InChI=1S/C15H20FN3/c1-14(2)8-5-9-15(14)10-18-13(17)19(15)12-7-4-3-6-11(12)16/h3-4,6-7H,5,8-10H2,1-2H3,(H2,17,18). The molecule has 0 bridgehead atoms. The van der Waals surface area contributed by atoms with Crippen LogP contribution in [0.4, 0.5) is 10.1 Å². The molecule has 3 rings (SSSR count). The highest BCUT2D eigenvalue weighted by atomic mass is 19.1. The SMILES string of the molecule is CC1(C)CCCC12CN=C(N)N2c1ccccc1F. The van der Waals surface area contributed by atoms with Gasteiger partial charge in [-0.15, -0.1) is 0 Å². The Morgan fingerprint density at radius 3 is 2.63 bits per heavy atom. The summed E-state index contributed by atoms with van der Waals surface area (Å²) in [7, 11) is 0. The monoisotopic (exact) mass is 261 g/mol. The Bertz CT molecular complexity index is 538. The smallest absolute Gasteiger partial charge is 0.196 e. The fourth-order valence-electron chi connectivity index (χ4n) is 3.66. The largest absolute Gasteiger partial charge is 0.369 e. The fraction of sp³-hybridized carbons (Fsp3) is 0.533. The summed E-state index contributed by atoms with van der Waals surface area (Å²) < 4.78 is 14.2. The molecule has 2 N–H and O–H groups in total. The van der Waals surface area contributed by atoms with E-state index < -0.39 is 0 Å². The van der Waals surface area contributed by atoms with Crippen molar-refractivity contribution in [3.63, 3.8) is 0 Å². The van der Waals surface area contributed by atoms with Gasteiger partial charge in [0, 0.05) is 0 Å². The van der Waals surface area contributed by atoms with Gasteiger partial charge in [0.2, 0.25) is 0 Å². The van der Waals surface area contributed by atoms with Gasteiger partial charge in [-0.3, -0.25) is 4.99 Å². The lowest BCUT2D eigenvalue weighted by Crippen LogP contribution is -2.58. The maximum atomic E-state index is 14.2. The number of nitrogens with zero attached hydrogens (tertiary/aromatic N) is 2. The van der Waals surface area contributed by atoms with E-state index in [0.717, 1.165) is 19.3 Å². The number of hydrogen-bond donors (Lipinski definition) is 1. The first-order chi connectivity index (χ1) is 8.98. The Labute approximate surface area is 113 Å². The number of hydrogen-bond acceptors (Lipinski definition) is 3. The molecule has 0 amide bonds. The molecule has 1 heterocycles. The van der Waals surface area contributed by atoms with Gasteiger partial charge in [-0.05, 0) is 30.4 Å². The fourth-order valence-corrected chi connectivity index (χ4v) is 3.66. The lowest BCUT2D eigenvalue weighted by Gasteiger charge is -2.45. The second-order valence-electron chi connectivity index (χ2n) is 6.23. The van der Waals surface area contributed by atoms with Crippen LogP contribution in [0, 0.1) is 11.2 Å². The number of para-hydroxylation sites is 1. The molecule has 102 valence electrons. The number of nitrogens with two attached hydrogens (primary N) is 1. The summed E-state index contributed by atoms with van der Waals surface area (Å²) in [4.78, 5) is 6.36. The van der Waals surface area contributed by atoms with Gasteiger partial charge in [0.05, 0.1) is 17.8 Å². The van der Waals surface area contributed by atoms with Gasteiger partial charge in [-0.1, -0.05) is 32.4 Å². The van der Waals surface area contributed by atoms with E-state index in [4.69, 9.17) is 5.73 Å². The van der Waals surface area contributed by atoms with Gasteiger partial charge in [0.15, 0.2) is 5.96 Å². The van der Waals surface area contributed by atoms with Crippen molar-refractivity contribution in [3.05, 3.63) is 30.1 Å². The van der Waals surface area contributed by atoms with Crippen molar-refractivity contribution in [1.82, 2.24) is 0 Å². The molecule has 19 heavy (non-hydrogen) atoms. The van der Waals surface area contributed by atoms with Crippen molar-refractivity contribution in [1.29, 1.82) is 0 Å². The van der Waals surface area contributed by atoms with Crippen LogP contribution in [0.3, 0.4) is 0 Å². The molecule has 1 spiro atoms. The predicted octanol–water partition coefficient (Wildman–Crippen LogP) is 2.91. The van der Waals surface area contributed by atoms with Gasteiger partial charge in [0.1, 0.15) is 5.82 Å². The Kier molecular flexibility index (Phi) is 2.59. The van der Waals surface area contributed by atoms with Crippen LogP contribution < -0.4 is 10.6 Å². The Morgan fingerprint density at radius 1 is 1.26 bits per heavy atom. The van der Waals surface area contributed by atoms with E-state index in [-0.39, 0.29) is 16.8 Å². The van der Waals surface area contributed by atoms with E-state index in [9.17, 15) is 4.39 Å². The third-order valence-corrected chi connectivity index (χ3v) is 4.91. The molecule has 1 atom stereocenters. The second-order valence-corrected chi connectivity index (χ2v) is 6.23. The first kappa shape index (κ1) is 12.5. The van der Waals surface area contributed by atoms with Gasteiger partial charge < -0.3 is 10.6 Å². The lowest BCUT2D eigenvalue weighted by molar-refractivity contribution is 0.226. The quantitative estimate of drug-likeness (QED) is 0.844. The molecule has 2 aliphatic rings. The van der Waals surface area contributed by atoms with E-state index in [1.54, 1.807) is 12.1 Å².